The third-order valence-corrected chi connectivity index (χ3v) is 4.55. The van der Waals surface area contributed by atoms with Gasteiger partial charge in [0.15, 0.2) is 0 Å². The summed E-state index contributed by atoms with van der Waals surface area (Å²) in [5, 5.41) is 3.69. The van der Waals surface area contributed by atoms with Gasteiger partial charge in [0.25, 0.3) is 0 Å². The van der Waals surface area contributed by atoms with Gasteiger partial charge in [-0.25, -0.2) is 0 Å². The van der Waals surface area contributed by atoms with Crippen LogP contribution in [0.2, 0.25) is 0 Å². The molecule has 0 bridgehead atoms. The smallest absolute Gasteiger partial charge is 0.00669 e. The lowest BCUT2D eigenvalue weighted by Gasteiger charge is -2.33. The van der Waals surface area contributed by atoms with E-state index >= 15 is 0 Å². The van der Waals surface area contributed by atoms with Crippen molar-refractivity contribution in [2.24, 2.45) is 0 Å². The van der Waals surface area contributed by atoms with Gasteiger partial charge in [0.2, 0.25) is 0 Å². The molecule has 114 valence electrons. The first-order valence-corrected chi connectivity index (χ1v) is 8.71. The van der Waals surface area contributed by atoms with Gasteiger partial charge in [0.1, 0.15) is 0 Å². The summed E-state index contributed by atoms with van der Waals surface area (Å²) >= 11 is 0. The number of piperidine rings is 1. The number of hydrogen-bond donors (Lipinski definition) is 1. The zero-order chi connectivity index (χ0) is 13.9. The van der Waals surface area contributed by atoms with Crippen LogP contribution in [0.4, 0.5) is 0 Å². The molecule has 19 heavy (non-hydrogen) atoms. The Labute approximate surface area is 121 Å². The summed E-state index contributed by atoms with van der Waals surface area (Å²) in [4.78, 5) is 2.68. The Kier molecular flexibility index (Phi) is 9.54. The molecule has 2 unspecified atom stereocenters. The summed E-state index contributed by atoms with van der Waals surface area (Å²) in [6, 6.07) is 1.52. The molecule has 2 heteroatoms. The van der Waals surface area contributed by atoms with Crippen molar-refractivity contribution in [1.29, 1.82) is 0 Å². The first-order chi connectivity index (χ1) is 9.24. The number of nitrogens with zero attached hydrogens (tertiary/aromatic N) is 1. The second-order valence-corrected chi connectivity index (χ2v) is 6.44. The van der Waals surface area contributed by atoms with Crippen molar-refractivity contribution in [3.63, 3.8) is 0 Å². The predicted octanol–water partition coefficient (Wildman–Crippen LogP) is 4.20. The molecular weight excluding hydrogens is 232 g/mol. The molecule has 1 N–H and O–H groups in total. The van der Waals surface area contributed by atoms with Crippen LogP contribution in [-0.2, 0) is 0 Å². The lowest BCUT2D eigenvalue weighted by molar-refractivity contribution is 0.158. The molecule has 1 heterocycles. The van der Waals surface area contributed by atoms with Crippen LogP contribution in [0.5, 0.6) is 0 Å². The summed E-state index contributed by atoms with van der Waals surface area (Å²) in [5.74, 6) is 0. The molecule has 1 rings (SSSR count). The molecular formula is C17H36N2. The van der Waals surface area contributed by atoms with E-state index in [4.69, 9.17) is 0 Å². The molecule has 0 aromatic carbocycles. The maximum absolute atomic E-state index is 3.69. The SMILES string of the molecule is CCCCCCC(C)NCCCN1CCCCC1C. The molecule has 1 fully saturated rings. The van der Waals surface area contributed by atoms with Gasteiger partial charge in [-0.1, -0.05) is 39.0 Å². The van der Waals surface area contributed by atoms with E-state index in [2.05, 4.69) is 31.0 Å². The largest absolute Gasteiger partial charge is 0.314 e. The highest BCUT2D eigenvalue weighted by atomic mass is 15.2. The minimum absolute atomic E-state index is 0.704. The third-order valence-electron chi connectivity index (χ3n) is 4.55. The van der Waals surface area contributed by atoms with Gasteiger partial charge in [-0.3, -0.25) is 0 Å². The first kappa shape index (κ1) is 17.0. The zero-order valence-electron chi connectivity index (χ0n) is 13.6. The van der Waals surface area contributed by atoms with E-state index in [-0.39, 0.29) is 0 Å². The number of unbranched alkanes of at least 4 members (excludes halogenated alkanes) is 3. The highest BCUT2D eigenvalue weighted by Crippen LogP contribution is 2.16. The Morgan fingerprint density at radius 1 is 1.16 bits per heavy atom. The van der Waals surface area contributed by atoms with Crippen molar-refractivity contribution in [3.05, 3.63) is 0 Å². The van der Waals surface area contributed by atoms with Gasteiger partial charge < -0.3 is 10.2 Å². The quantitative estimate of drug-likeness (QED) is 0.597. The van der Waals surface area contributed by atoms with Crippen LogP contribution in [0.1, 0.15) is 78.6 Å². The number of hydrogen-bond acceptors (Lipinski definition) is 2. The number of nitrogens with one attached hydrogen (secondary N) is 1. The van der Waals surface area contributed by atoms with Crippen LogP contribution in [-0.4, -0.2) is 36.6 Å². The van der Waals surface area contributed by atoms with E-state index in [0.29, 0.717) is 6.04 Å². The standard InChI is InChI=1S/C17H36N2/c1-4-5-6-7-11-16(2)18-13-10-15-19-14-9-8-12-17(19)3/h16-18H,4-15H2,1-3H3. The molecule has 1 saturated heterocycles. The highest BCUT2D eigenvalue weighted by Gasteiger charge is 2.17. The van der Waals surface area contributed by atoms with E-state index < -0.39 is 0 Å². The topological polar surface area (TPSA) is 15.3 Å². The van der Waals surface area contributed by atoms with E-state index in [9.17, 15) is 0 Å². The molecule has 1 aliphatic rings. The van der Waals surface area contributed by atoms with E-state index in [1.807, 2.05) is 0 Å². The molecule has 0 radical (unpaired) electrons. The van der Waals surface area contributed by atoms with Crippen molar-refractivity contribution in [3.8, 4) is 0 Å². The lowest BCUT2D eigenvalue weighted by atomic mass is 10.0. The summed E-state index contributed by atoms with van der Waals surface area (Å²) in [5.41, 5.74) is 0. The number of likely N-dealkylation sites (tertiary alicyclic amines) is 1. The average molecular weight is 268 g/mol. The van der Waals surface area contributed by atoms with Crippen LogP contribution < -0.4 is 5.32 Å². The van der Waals surface area contributed by atoms with Gasteiger partial charge in [-0.15, -0.1) is 0 Å². The predicted molar refractivity (Wildman–Crippen MR) is 85.7 cm³/mol. The van der Waals surface area contributed by atoms with Gasteiger partial charge >= 0.3 is 0 Å². The fourth-order valence-corrected chi connectivity index (χ4v) is 3.10. The van der Waals surface area contributed by atoms with Crippen LogP contribution >= 0.6 is 0 Å². The monoisotopic (exact) mass is 268 g/mol. The van der Waals surface area contributed by atoms with Crippen LogP contribution in [0.3, 0.4) is 0 Å². The maximum atomic E-state index is 3.69. The van der Waals surface area contributed by atoms with E-state index in [0.717, 1.165) is 6.04 Å². The van der Waals surface area contributed by atoms with Gasteiger partial charge in [-0.2, -0.15) is 0 Å². The summed E-state index contributed by atoms with van der Waals surface area (Å²) in [6.45, 7) is 10.8. The maximum Gasteiger partial charge on any atom is 0.00669 e. The normalized spacial score (nSPS) is 22.6. The lowest BCUT2D eigenvalue weighted by Crippen LogP contribution is -2.39. The molecule has 0 spiro atoms. The molecule has 2 nitrogen and oxygen atoms in total. The highest BCUT2D eigenvalue weighted by molar-refractivity contribution is 4.73. The minimum Gasteiger partial charge on any atom is -0.314 e. The van der Waals surface area contributed by atoms with E-state index in [1.54, 1.807) is 0 Å². The Bertz CT molecular complexity index is 205. The van der Waals surface area contributed by atoms with Crippen molar-refractivity contribution in [2.45, 2.75) is 90.6 Å². The minimum atomic E-state index is 0.704. The summed E-state index contributed by atoms with van der Waals surface area (Å²) in [7, 11) is 0. The molecule has 0 aliphatic carbocycles. The van der Waals surface area contributed by atoms with Crippen LogP contribution in [0.25, 0.3) is 0 Å². The number of rotatable bonds is 10. The van der Waals surface area contributed by atoms with Crippen molar-refractivity contribution in [2.75, 3.05) is 19.6 Å². The van der Waals surface area contributed by atoms with Crippen molar-refractivity contribution >= 4 is 0 Å². The van der Waals surface area contributed by atoms with Crippen LogP contribution in [0.15, 0.2) is 0 Å². The van der Waals surface area contributed by atoms with E-state index in [1.165, 1.54) is 77.4 Å². The Balaban J connectivity index is 1.94. The molecule has 0 amide bonds. The van der Waals surface area contributed by atoms with Crippen LogP contribution in [0, 0.1) is 0 Å². The second kappa shape index (κ2) is 10.7. The second-order valence-electron chi connectivity index (χ2n) is 6.44. The van der Waals surface area contributed by atoms with Gasteiger partial charge in [-0.05, 0) is 59.2 Å². The Morgan fingerprint density at radius 2 is 2.00 bits per heavy atom. The Hall–Kier alpha value is -0.0800. The molecule has 2 atom stereocenters. The summed E-state index contributed by atoms with van der Waals surface area (Å²) < 4.78 is 0. The molecule has 0 aromatic rings. The average Bonchev–Trinajstić information content (AvgIpc) is 2.41. The summed E-state index contributed by atoms with van der Waals surface area (Å²) in [6.07, 6.45) is 12.5. The molecule has 0 aromatic heterocycles. The first-order valence-electron chi connectivity index (χ1n) is 8.71. The molecule has 0 saturated carbocycles. The fraction of sp³-hybridized carbons (Fsp3) is 1.00. The van der Waals surface area contributed by atoms with Gasteiger partial charge in [0, 0.05) is 12.1 Å². The third kappa shape index (κ3) is 7.94. The zero-order valence-corrected chi connectivity index (χ0v) is 13.6. The van der Waals surface area contributed by atoms with Crippen molar-refractivity contribution in [1.82, 2.24) is 10.2 Å². The Morgan fingerprint density at radius 3 is 2.74 bits per heavy atom. The molecule has 1 aliphatic heterocycles. The van der Waals surface area contributed by atoms with Crippen molar-refractivity contribution < 1.29 is 0 Å². The van der Waals surface area contributed by atoms with Gasteiger partial charge in [0.05, 0.1) is 0 Å². The fourth-order valence-electron chi connectivity index (χ4n) is 3.10.